The molecule has 0 radical (unpaired) electrons. The lowest BCUT2D eigenvalue weighted by Gasteiger charge is -2.35. The molecule has 0 spiro atoms. The molecule has 2 aromatic rings. The number of nitrogens with one attached hydrogen (secondary N) is 1. The van der Waals surface area contributed by atoms with Crippen molar-refractivity contribution in [2.24, 2.45) is 0 Å². The predicted molar refractivity (Wildman–Crippen MR) is 67.7 cm³/mol. The third-order valence-electron chi connectivity index (χ3n) is 3.34. The molecule has 19 heavy (non-hydrogen) atoms. The van der Waals surface area contributed by atoms with Gasteiger partial charge in [-0.05, 0) is 10.8 Å². The summed E-state index contributed by atoms with van der Waals surface area (Å²) in [6, 6.07) is 10.5. The van der Waals surface area contributed by atoms with Crippen LogP contribution in [0, 0.1) is 5.41 Å². The quantitative estimate of drug-likeness (QED) is 0.752. The van der Waals surface area contributed by atoms with Crippen LogP contribution in [0.25, 0.3) is 0 Å². The van der Waals surface area contributed by atoms with Gasteiger partial charge in [0, 0.05) is 32.7 Å². The van der Waals surface area contributed by atoms with Crippen LogP contribution < -0.4 is 20.6 Å². The number of piperazine rings is 1. The minimum atomic E-state index is 0.0896. The van der Waals surface area contributed by atoms with Crippen LogP contribution in [-0.4, -0.2) is 31.1 Å². The lowest BCUT2D eigenvalue weighted by Crippen LogP contribution is -2.66. The Labute approximate surface area is 111 Å². The summed E-state index contributed by atoms with van der Waals surface area (Å²) < 4.78 is 4.76. The molecule has 3 rings (SSSR count). The van der Waals surface area contributed by atoms with Crippen molar-refractivity contribution in [3.05, 3.63) is 47.6 Å². The Balaban J connectivity index is 1.56. The smallest absolute Gasteiger partial charge is 0.286 e. The van der Waals surface area contributed by atoms with Gasteiger partial charge in [0.1, 0.15) is 0 Å². The Morgan fingerprint density at radius 3 is 2.53 bits per heavy atom. The van der Waals surface area contributed by atoms with E-state index in [9.17, 15) is 0 Å². The maximum Gasteiger partial charge on any atom is 0.286 e. The van der Waals surface area contributed by atoms with Crippen LogP contribution in [0.3, 0.4) is 0 Å². The third kappa shape index (κ3) is 2.85. The number of nitrogens with zero attached hydrogens (tertiary/aromatic N) is 4. The van der Waals surface area contributed by atoms with Gasteiger partial charge in [0.15, 0.2) is 0 Å². The molecule has 0 atom stereocenters. The highest BCUT2D eigenvalue weighted by Gasteiger charge is 2.17. The summed E-state index contributed by atoms with van der Waals surface area (Å²) in [7, 11) is 0. The molecule has 1 aromatic carbocycles. The molecule has 100 valence electrons. The zero-order chi connectivity index (χ0) is 13.1. The average molecular weight is 259 g/mol. The Morgan fingerprint density at radius 2 is 1.89 bits per heavy atom. The summed E-state index contributed by atoms with van der Waals surface area (Å²) in [6.07, 6.45) is 1.59. The third-order valence-corrected chi connectivity index (χ3v) is 3.34. The van der Waals surface area contributed by atoms with Gasteiger partial charge in [-0.25, -0.2) is 0 Å². The summed E-state index contributed by atoms with van der Waals surface area (Å²) in [6.45, 7) is 4.75. The van der Waals surface area contributed by atoms with Crippen LogP contribution in [0.4, 0.5) is 0 Å². The molecule has 0 amide bonds. The highest BCUT2D eigenvalue weighted by molar-refractivity contribution is 5.14. The van der Waals surface area contributed by atoms with Gasteiger partial charge < -0.3 is 4.52 Å². The van der Waals surface area contributed by atoms with Crippen LogP contribution >= 0.6 is 0 Å². The van der Waals surface area contributed by atoms with Crippen molar-refractivity contribution in [2.75, 3.05) is 31.2 Å². The molecule has 1 fully saturated rings. The van der Waals surface area contributed by atoms with Crippen molar-refractivity contribution in [3.63, 3.8) is 0 Å². The first-order valence-electron chi connectivity index (χ1n) is 6.43. The van der Waals surface area contributed by atoms with Gasteiger partial charge in [-0.1, -0.05) is 35.1 Å². The normalized spacial score (nSPS) is 16.7. The molecule has 6 nitrogen and oxygen atoms in total. The Hall–Kier alpha value is -2.08. The number of benzene rings is 1. The van der Waals surface area contributed by atoms with Gasteiger partial charge in [0.05, 0.1) is 0 Å². The fraction of sp³-hybridized carbons (Fsp3) is 0.385. The van der Waals surface area contributed by atoms with Gasteiger partial charge >= 0.3 is 0 Å². The van der Waals surface area contributed by atoms with Gasteiger partial charge in [0.25, 0.3) is 11.8 Å². The number of hydrogen-bond donors (Lipinski definition) is 1. The number of rotatable bonds is 3. The highest BCUT2D eigenvalue weighted by Crippen LogP contribution is 2.06. The van der Waals surface area contributed by atoms with Crippen LogP contribution in [0.1, 0.15) is 5.56 Å². The molecule has 1 aliphatic heterocycles. The summed E-state index contributed by atoms with van der Waals surface area (Å²) in [5.74, 6) is 0. The lowest BCUT2D eigenvalue weighted by atomic mass is 10.2. The molecule has 1 aliphatic rings. The largest absolute Gasteiger partial charge is 0.380 e. The van der Waals surface area contributed by atoms with Crippen molar-refractivity contribution >= 4 is 0 Å². The molecular weight excluding hydrogens is 242 g/mol. The maximum absolute atomic E-state index is 7.34. The van der Waals surface area contributed by atoms with E-state index in [2.05, 4.69) is 39.4 Å². The zero-order valence-corrected chi connectivity index (χ0v) is 10.7. The first-order chi connectivity index (χ1) is 9.31. The zero-order valence-electron chi connectivity index (χ0n) is 10.7. The van der Waals surface area contributed by atoms with E-state index in [-0.39, 0.29) is 5.55 Å². The van der Waals surface area contributed by atoms with E-state index in [0.29, 0.717) is 0 Å². The Bertz CT molecular complexity index is 568. The second-order valence-corrected chi connectivity index (χ2v) is 4.70. The Morgan fingerprint density at radius 1 is 1.16 bits per heavy atom. The molecule has 6 heteroatoms. The molecule has 0 saturated carbocycles. The SMILES string of the molecule is N=c1c[n+](N2CCN(Cc3ccccc3)CC2)[n-]o1. The summed E-state index contributed by atoms with van der Waals surface area (Å²) in [5.41, 5.74) is 1.44. The van der Waals surface area contributed by atoms with Gasteiger partial charge in [-0.3, -0.25) is 15.3 Å². The molecular formula is C13H17N5O. The summed E-state index contributed by atoms with van der Waals surface area (Å²) >= 11 is 0. The minimum absolute atomic E-state index is 0.0896. The van der Waals surface area contributed by atoms with Crippen molar-refractivity contribution in [3.8, 4) is 0 Å². The molecule has 2 heterocycles. The first kappa shape index (κ1) is 12.0. The molecule has 0 unspecified atom stereocenters. The molecule has 1 N–H and O–H groups in total. The van der Waals surface area contributed by atoms with Gasteiger partial charge in [0.2, 0.25) is 0 Å². The van der Waals surface area contributed by atoms with E-state index in [1.807, 2.05) is 6.07 Å². The van der Waals surface area contributed by atoms with E-state index in [1.165, 1.54) is 5.56 Å². The van der Waals surface area contributed by atoms with Crippen molar-refractivity contribution < 1.29 is 9.31 Å². The molecule has 1 aromatic heterocycles. The Kier molecular flexibility index (Phi) is 3.33. The van der Waals surface area contributed by atoms with Crippen LogP contribution in [0.15, 0.2) is 41.1 Å². The minimum Gasteiger partial charge on any atom is -0.380 e. The van der Waals surface area contributed by atoms with E-state index in [4.69, 9.17) is 9.93 Å². The van der Waals surface area contributed by atoms with E-state index < -0.39 is 0 Å². The van der Waals surface area contributed by atoms with E-state index >= 15 is 0 Å². The first-order valence-corrected chi connectivity index (χ1v) is 6.43. The maximum atomic E-state index is 7.34. The second-order valence-electron chi connectivity index (χ2n) is 4.70. The van der Waals surface area contributed by atoms with Crippen molar-refractivity contribution in [1.82, 2.24) is 10.2 Å². The summed E-state index contributed by atoms with van der Waals surface area (Å²) in [4.78, 5) is 4.05. The van der Waals surface area contributed by atoms with Gasteiger partial charge in [-0.15, -0.1) is 0 Å². The van der Waals surface area contributed by atoms with Crippen molar-refractivity contribution in [2.45, 2.75) is 6.54 Å². The highest BCUT2D eigenvalue weighted by atomic mass is 16.5. The van der Waals surface area contributed by atoms with Crippen LogP contribution in [-0.2, 0) is 6.54 Å². The molecule has 1 saturated heterocycles. The molecule has 0 aliphatic carbocycles. The number of aromatic nitrogens is 2. The molecule has 0 bridgehead atoms. The second kappa shape index (κ2) is 5.27. The monoisotopic (exact) mass is 259 g/mol. The van der Waals surface area contributed by atoms with E-state index in [0.717, 1.165) is 32.7 Å². The summed E-state index contributed by atoms with van der Waals surface area (Å²) in [5, 5.41) is 13.2. The average Bonchev–Trinajstić information content (AvgIpc) is 2.87. The lowest BCUT2D eigenvalue weighted by molar-refractivity contribution is -0.764. The standard InChI is InChI=1S/C13H17N5O/c14-13-11-18(15-19-13)17-8-6-16(7-9-17)10-12-4-2-1-3-5-12/h1-5,11,14H,6-10H2. The van der Waals surface area contributed by atoms with Gasteiger partial charge in [-0.2, -0.15) is 0 Å². The predicted octanol–water partition coefficient (Wildman–Crippen LogP) is -0.542. The van der Waals surface area contributed by atoms with Crippen LogP contribution in [0.2, 0.25) is 0 Å². The van der Waals surface area contributed by atoms with E-state index in [1.54, 1.807) is 11.0 Å². The topological polar surface area (TPSA) is 61.5 Å². The van der Waals surface area contributed by atoms with Crippen LogP contribution in [0.5, 0.6) is 0 Å². The van der Waals surface area contributed by atoms with Crippen molar-refractivity contribution in [1.29, 1.82) is 5.41 Å². The number of hydrogen-bond acceptors (Lipinski definition) is 4. The fourth-order valence-corrected chi connectivity index (χ4v) is 2.31. The fourth-order valence-electron chi connectivity index (χ4n) is 2.31.